The number of fused-ring (bicyclic) bond motifs is 1. The van der Waals surface area contributed by atoms with E-state index in [-0.39, 0.29) is 0 Å². The third-order valence-electron chi connectivity index (χ3n) is 2.96. The summed E-state index contributed by atoms with van der Waals surface area (Å²) in [7, 11) is 0. The number of benzene rings is 1. The molecule has 0 aliphatic carbocycles. The standard InChI is InChI=1S/C14H14N4/c1-9-3-2-4-10(5-9)13-14-12(16-8-17-14)6-11(7-15)18-13/h2-6,8H,7,15H2,1H3,(H,16,17). The molecule has 4 nitrogen and oxygen atoms in total. The van der Waals surface area contributed by atoms with Crippen molar-refractivity contribution < 1.29 is 0 Å². The smallest absolute Gasteiger partial charge is 0.115 e. The number of aromatic amines is 1. The van der Waals surface area contributed by atoms with Gasteiger partial charge in [-0.1, -0.05) is 23.8 Å². The molecule has 3 N–H and O–H groups in total. The van der Waals surface area contributed by atoms with Gasteiger partial charge < -0.3 is 10.7 Å². The van der Waals surface area contributed by atoms with Crippen LogP contribution in [-0.2, 0) is 6.54 Å². The molecule has 0 aliphatic rings. The molecular formula is C14H14N4. The predicted molar refractivity (Wildman–Crippen MR) is 72.0 cm³/mol. The van der Waals surface area contributed by atoms with Crippen LogP contribution in [0.25, 0.3) is 22.3 Å². The van der Waals surface area contributed by atoms with E-state index in [2.05, 4.69) is 34.0 Å². The van der Waals surface area contributed by atoms with E-state index in [0.717, 1.165) is 28.0 Å². The molecule has 2 aromatic heterocycles. The van der Waals surface area contributed by atoms with Crippen LogP contribution in [0.1, 0.15) is 11.3 Å². The van der Waals surface area contributed by atoms with Gasteiger partial charge in [0.05, 0.1) is 23.2 Å². The van der Waals surface area contributed by atoms with E-state index in [1.54, 1.807) is 6.33 Å². The average Bonchev–Trinajstić information content (AvgIpc) is 2.85. The zero-order chi connectivity index (χ0) is 12.5. The maximum Gasteiger partial charge on any atom is 0.115 e. The fraction of sp³-hybridized carbons (Fsp3) is 0.143. The Bertz CT molecular complexity index is 700. The minimum atomic E-state index is 0.424. The summed E-state index contributed by atoms with van der Waals surface area (Å²) in [4.78, 5) is 12.0. The summed E-state index contributed by atoms with van der Waals surface area (Å²) in [6, 6.07) is 10.2. The Kier molecular flexibility index (Phi) is 2.57. The maximum absolute atomic E-state index is 5.69. The van der Waals surface area contributed by atoms with Crippen molar-refractivity contribution >= 4 is 11.0 Å². The van der Waals surface area contributed by atoms with E-state index in [4.69, 9.17) is 5.73 Å². The van der Waals surface area contributed by atoms with Crippen LogP contribution in [0.3, 0.4) is 0 Å². The van der Waals surface area contributed by atoms with E-state index < -0.39 is 0 Å². The third kappa shape index (κ3) is 1.76. The molecule has 0 fully saturated rings. The molecule has 1 aromatic carbocycles. The van der Waals surface area contributed by atoms with Gasteiger partial charge in [-0.2, -0.15) is 0 Å². The first-order valence-corrected chi connectivity index (χ1v) is 5.88. The van der Waals surface area contributed by atoms with E-state index in [1.165, 1.54) is 5.56 Å². The molecule has 4 heteroatoms. The minimum absolute atomic E-state index is 0.424. The Morgan fingerprint density at radius 1 is 1.28 bits per heavy atom. The van der Waals surface area contributed by atoms with Crippen LogP contribution in [0, 0.1) is 6.92 Å². The molecular weight excluding hydrogens is 224 g/mol. The summed E-state index contributed by atoms with van der Waals surface area (Å²) in [5, 5.41) is 0. The second kappa shape index (κ2) is 4.23. The van der Waals surface area contributed by atoms with Gasteiger partial charge in [-0.3, -0.25) is 0 Å². The van der Waals surface area contributed by atoms with Gasteiger partial charge in [0.15, 0.2) is 0 Å². The Morgan fingerprint density at radius 3 is 2.94 bits per heavy atom. The van der Waals surface area contributed by atoms with Crippen molar-refractivity contribution in [2.45, 2.75) is 13.5 Å². The average molecular weight is 238 g/mol. The summed E-state index contributed by atoms with van der Waals surface area (Å²) in [6.07, 6.45) is 1.69. The van der Waals surface area contributed by atoms with Gasteiger partial charge >= 0.3 is 0 Å². The molecule has 0 spiro atoms. The number of aromatic nitrogens is 3. The topological polar surface area (TPSA) is 67.6 Å². The first-order chi connectivity index (χ1) is 8.78. The van der Waals surface area contributed by atoms with Gasteiger partial charge in [0.2, 0.25) is 0 Å². The van der Waals surface area contributed by atoms with Gasteiger partial charge in [-0.25, -0.2) is 9.97 Å². The molecule has 3 rings (SSSR count). The monoisotopic (exact) mass is 238 g/mol. The van der Waals surface area contributed by atoms with E-state index >= 15 is 0 Å². The molecule has 0 saturated heterocycles. The lowest BCUT2D eigenvalue weighted by atomic mass is 10.1. The lowest BCUT2D eigenvalue weighted by Crippen LogP contribution is -2.01. The Hall–Kier alpha value is -2.20. The summed E-state index contributed by atoms with van der Waals surface area (Å²) in [6.45, 7) is 2.49. The quantitative estimate of drug-likeness (QED) is 0.720. The van der Waals surface area contributed by atoms with Crippen molar-refractivity contribution in [2.75, 3.05) is 0 Å². The van der Waals surface area contributed by atoms with Crippen molar-refractivity contribution in [2.24, 2.45) is 5.73 Å². The number of rotatable bonds is 2. The largest absolute Gasteiger partial charge is 0.344 e. The van der Waals surface area contributed by atoms with Crippen molar-refractivity contribution in [3.05, 3.63) is 47.9 Å². The number of hydrogen-bond acceptors (Lipinski definition) is 3. The Labute approximate surface area is 105 Å². The van der Waals surface area contributed by atoms with Crippen LogP contribution in [0.15, 0.2) is 36.7 Å². The first-order valence-electron chi connectivity index (χ1n) is 5.88. The highest BCUT2D eigenvalue weighted by Crippen LogP contribution is 2.25. The van der Waals surface area contributed by atoms with E-state index in [1.807, 2.05) is 18.2 Å². The molecule has 0 atom stereocenters. The number of H-pyrrole nitrogens is 1. The van der Waals surface area contributed by atoms with E-state index in [9.17, 15) is 0 Å². The molecule has 90 valence electrons. The number of pyridine rings is 1. The summed E-state index contributed by atoms with van der Waals surface area (Å²) >= 11 is 0. The van der Waals surface area contributed by atoms with Gasteiger partial charge in [-0.05, 0) is 19.1 Å². The molecule has 18 heavy (non-hydrogen) atoms. The van der Waals surface area contributed by atoms with Gasteiger partial charge in [0.1, 0.15) is 5.52 Å². The molecule has 0 amide bonds. The summed E-state index contributed by atoms with van der Waals surface area (Å²) < 4.78 is 0. The fourth-order valence-electron chi connectivity index (χ4n) is 2.10. The number of hydrogen-bond donors (Lipinski definition) is 2. The second-order valence-corrected chi connectivity index (χ2v) is 4.33. The van der Waals surface area contributed by atoms with Gasteiger partial charge in [0, 0.05) is 12.1 Å². The normalized spacial score (nSPS) is 11.0. The van der Waals surface area contributed by atoms with Crippen molar-refractivity contribution in [1.82, 2.24) is 15.0 Å². The lowest BCUT2D eigenvalue weighted by Gasteiger charge is -2.05. The number of aryl methyl sites for hydroxylation is 1. The first kappa shape index (κ1) is 10.9. The highest BCUT2D eigenvalue weighted by molar-refractivity contribution is 5.89. The summed E-state index contributed by atoms with van der Waals surface area (Å²) in [5.74, 6) is 0. The number of nitrogens with zero attached hydrogens (tertiary/aromatic N) is 2. The third-order valence-corrected chi connectivity index (χ3v) is 2.96. The zero-order valence-corrected chi connectivity index (χ0v) is 10.1. The van der Waals surface area contributed by atoms with Gasteiger partial charge in [-0.15, -0.1) is 0 Å². The van der Waals surface area contributed by atoms with Crippen LogP contribution in [0.5, 0.6) is 0 Å². The number of nitrogens with two attached hydrogens (primary N) is 1. The molecule has 0 saturated carbocycles. The molecule has 0 unspecified atom stereocenters. The predicted octanol–water partition coefficient (Wildman–Crippen LogP) is 2.39. The molecule has 0 bridgehead atoms. The van der Waals surface area contributed by atoms with Crippen LogP contribution >= 0.6 is 0 Å². The SMILES string of the molecule is Cc1cccc(-c2nc(CN)cc3[nH]cnc23)c1. The van der Waals surface area contributed by atoms with Crippen LogP contribution in [0.2, 0.25) is 0 Å². The summed E-state index contributed by atoms with van der Waals surface area (Å²) in [5.41, 5.74) is 11.6. The molecule has 3 aromatic rings. The minimum Gasteiger partial charge on any atom is -0.344 e. The molecule has 0 radical (unpaired) electrons. The van der Waals surface area contributed by atoms with Crippen molar-refractivity contribution in [3.63, 3.8) is 0 Å². The Morgan fingerprint density at radius 2 is 2.17 bits per heavy atom. The van der Waals surface area contributed by atoms with E-state index in [0.29, 0.717) is 6.54 Å². The zero-order valence-electron chi connectivity index (χ0n) is 10.1. The highest BCUT2D eigenvalue weighted by atomic mass is 14.9. The van der Waals surface area contributed by atoms with Crippen molar-refractivity contribution in [3.8, 4) is 11.3 Å². The second-order valence-electron chi connectivity index (χ2n) is 4.33. The fourth-order valence-corrected chi connectivity index (χ4v) is 2.10. The van der Waals surface area contributed by atoms with Gasteiger partial charge in [0.25, 0.3) is 0 Å². The lowest BCUT2D eigenvalue weighted by molar-refractivity contribution is 0.999. The van der Waals surface area contributed by atoms with Crippen molar-refractivity contribution in [1.29, 1.82) is 0 Å². The van der Waals surface area contributed by atoms with Crippen LogP contribution in [0.4, 0.5) is 0 Å². The number of imidazole rings is 1. The highest BCUT2D eigenvalue weighted by Gasteiger charge is 2.10. The maximum atomic E-state index is 5.69. The van der Waals surface area contributed by atoms with Crippen LogP contribution in [-0.4, -0.2) is 15.0 Å². The number of nitrogens with one attached hydrogen (secondary N) is 1. The molecule has 2 heterocycles. The van der Waals surface area contributed by atoms with Crippen LogP contribution < -0.4 is 5.73 Å². The molecule has 0 aliphatic heterocycles. The Balaban J connectivity index is 2.29.